The van der Waals surface area contributed by atoms with Gasteiger partial charge in [0.2, 0.25) is 0 Å². The molecule has 2 atom stereocenters. The van der Waals surface area contributed by atoms with Gasteiger partial charge in [0.1, 0.15) is 18.2 Å². The van der Waals surface area contributed by atoms with Gasteiger partial charge in [-0.1, -0.05) is 0 Å². The molecule has 0 aliphatic carbocycles. The first-order valence-electron chi connectivity index (χ1n) is 7.71. The summed E-state index contributed by atoms with van der Waals surface area (Å²) >= 11 is 0. The van der Waals surface area contributed by atoms with E-state index in [0.29, 0.717) is 18.9 Å². The van der Waals surface area contributed by atoms with Gasteiger partial charge in [0.25, 0.3) is 5.91 Å². The molecule has 1 amide bonds. The first-order valence-corrected chi connectivity index (χ1v) is 7.71. The molecule has 1 aliphatic heterocycles. The number of rotatable bonds is 6. The fourth-order valence-electron chi connectivity index (χ4n) is 2.55. The zero-order valence-corrected chi connectivity index (χ0v) is 13.3. The standard InChI is InChI=1S/C15H19N5O4/c1-2-23-14-8-19(7-13(14)21)15(22)9-24-12-5-3-11(4-6-12)20-10-16-17-18-20/h3-6,10,13-14,21H,2,7-9H2,1H3/t13-,14-/m1/s1. The van der Waals surface area contributed by atoms with Gasteiger partial charge in [0.05, 0.1) is 11.8 Å². The highest BCUT2D eigenvalue weighted by Gasteiger charge is 2.34. The SMILES string of the molecule is CCO[C@@H]1CN(C(=O)COc2ccc(-n3cnnn3)cc2)C[C@H]1O. The first-order chi connectivity index (χ1) is 11.7. The zero-order valence-electron chi connectivity index (χ0n) is 13.3. The van der Waals surface area contributed by atoms with Crippen molar-refractivity contribution in [2.24, 2.45) is 0 Å². The summed E-state index contributed by atoms with van der Waals surface area (Å²) < 4.78 is 12.4. The molecule has 2 heterocycles. The normalized spacial score (nSPS) is 20.3. The number of tetrazole rings is 1. The number of nitrogens with zero attached hydrogens (tertiary/aromatic N) is 5. The van der Waals surface area contributed by atoms with Crippen LogP contribution in [0.25, 0.3) is 5.69 Å². The molecular weight excluding hydrogens is 314 g/mol. The maximum absolute atomic E-state index is 12.2. The number of likely N-dealkylation sites (tertiary alicyclic amines) is 1. The largest absolute Gasteiger partial charge is 0.484 e. The number of carbonyl (C=O) groups excluding carboxylic acids is 1. The summed E-state index contributed by atoms with van der Waals surface area (Å²) in [6.45, 7) is 2.93. The van der Waals surface area contributed by atoms with Gasteiger partial charge in [-0.05, 0) is 41.6 Å². The van der Waals surface area contributed by atoms with Crippen molar-refractivity contribution in [1.82, 2.24) is 25.1 Å². The second-order valence-electron chi connectivity index (χ2n) is 5.40. The molecule has 24 heavy (non-hydrogen) atoms. The number of hydrogen-bond donors (Lipinski definition) is 1. The van der Waals surface area contributed by atoms with Gasteiger partial charge >= 0.3 is 0 Å². The van der Waals surface area contributed by atoms with Gasteiger partial charge in [0, 0.05) is 19.7 Å². The fraction of sp³-hybridized carbons (Fsp3) is 0.467. The highest BCUT2D eigenvalue weighted by atomic mass is 16.5. The summed E-state index contributed by atoms with van der Waals surface area (Å²) in [6.07, 6.45) is 0.520. The quantitative estimate of drug-likeness (QED) is 0.770. The minimum Gasteiger partial charge on any atom is -0.484 e. The van der Waals surface area contributed by atoms with Crippen LogP contribution in [0.3, 0.4) is 0 Å². The highest BCUT2D eigenvalue weighted by molar-refractivity contribution is 5.78. The van der Waals surface area contributed by atoms with E-state index in [1.807, 2.05) is 6.92 Å². The van der Waals surface area contributed by atoms with Crippen LogP contribution < -0.4 is 4.74 Å². The van der Waals surface area contributed by atoms with Crippen LogP contribution in [-0.4, -0.2) is 74.6 Å². The number of β-amino-alcohol motifs (C(OH)–C–C–N with tert-alkyl or cyclic N) is 1. The maximum atomic E-state index is 12.2. The summed E-state index contributed by atoms with van der Waals surface area (Å²) in [7, 11) is 0. The molecule has 1 aliphatic rings. The summed E-state index contributed by atoms with van der Waals surface area (Å²) in [4.78, 5) is 13.7. The molecule has 0 saturated carbocycles. The third kappa shape index (κ3) is 3.69. The molecule has 2 aromatic rings. The Morgan fingerprint density at radius 1 is 1.33 bits per heavy atom. The van der Waals surface area contributed by atoms with Crippen molar-refractivity contribution >= 4 is 5.91 Å². The molecule has 0 spiro atoms. The van der Waals surface area contributed by atoms with Crippen LogP contribution in [0.2, 0.25) is 0 Å². The van der Waals surface area contributed by atoms with Crippen LogP contribution in [0.5, 0.6) is 5.75 Å². The Balaban J connectivity index is 1.51. The maximum Gasteiger partial charge on any atom is 0.260 e. The van der Waals surface area contributed by atoms with Crippen molar-refractivity contribution in [2.75, 3.05) is 26.3 Å². The predicted octanol–water partition coefficient (Wildman–Crippen LogP) is -0.351. The molecule has 9 nitrogen and oxygen atoms in total. The smallest absolute Gasteiger partial charge is 0.260 e. The van der Waals surface area contributed by atoms with Crippen molar-refractivity contribution in [3.63, 3.8) is 0 Å². The van der Waals surface area contributed by atoms with Gasteiger partial charge in [-0.15, -0.1) is 5.10 Å². The zero-order chi connectivity index (χ0) is 16.9. The van der Waals surface area contributed by atoms with Crippen molar-refractivity contribution < 1.29 is 19.4 Å². The topological polar surface area (TPSA) is 103 Å². The Bertz CT molecular complexity index is 661. The average Bonchev–Trinajstić information content (AvgIpc) is 3.24. The van der Waals surface area contributed by atoms with E-state index in [0.717, 1.165) is 5.69 Å². The Labute approximate surface area is 138 Å². The van der Waals surface area contributed by atoms with Gasteiger partial charge in [-0.3, -0.25) is 4.79 Å². The molecule has 1 aromatic heterocycles. The Kier molecular flexibility index (Phi) is 5.02. The summed E-state index contributed by atoms with van der Waals surface area (Å²) in [5, 5.41) is 20.8. The van der Waals surface area contributed by atoms with Crippen LogP contribution >= 0.6 is 0 Å². The van der Waals surface area contributed by atoms with Crippen LogP contribution in [0.1, 0.15) is 6.92 Å². The first kappa shape index (κ1) is 16.3. The minimum atomic E-state index is -0.649. The van der Waals surface area contributed by atoms with Crippen molar-refractivity contribution in [3.05, 3.63) is 30.6 Å². The Morgan fingerprint density at radius 3 is 2.79 bits per heavy atom. The lowest BCUT2D eigenvalue weighted by Gasteiger charge is -2.16. The van der Waals surface area contributed by atoms with Crippen LogP contribution in [0.4, 0.5) is 0 Å². The lowest BCUT2D eigenvalue weighted by atomic mass is 10.3. The number of benzene rings is 1. The summed E-state index contributed by atoms with van der Waals surface area (Å²) in [6, 6.07) is 7.07. The monoisotopic (exact) mass is 333 g/mol. The van der Waals surface area contributed by atoms with E-state index < -0.39 is 6.10 Å². The second kappa shape index (κ2) is 7.37. The minimum absolute atomic E-state index is 0.0875. The molecule has 0 unspecified atom stereocenters. The number of aliphatic hydroxyl groups is 1. The van der Waals surface area contributed by atoms with E-state index in [2.05, 4.69) is 15.5 Å². The summed E-state index contributed by atoms with van der Waals surface area (Å²) in [5.41, 5.74) is 0.792. The fourth-order valence-corrected chi connectivity index (χ4v) is 2.55. The molecule has 1 saturated heterocycles. The molecule has 128 valence electrons. The molecule has 1 N–H and O–H groups in total. The Morgan fingerprint density at radius 2 is 2.12 bits per heavy atom. The molecular formula is C15H19N5O4. The lowest BCUT2D eigenvalue weighted by Crippen LogP contribution is -2.34. The highest BCUT2D eigenvalue weighted by Crippen LogP contribution is 2.16. The van der Waals surface area contributed by atoms with Gasteiger partial charge < -0.3 is 19.5 Å². The third-order valence-electron chi connectivity index (χ3n) is 3.78. The van der Waals surface area contributed by atoms with E-state index in [1.54, 1.807) is 29.2 Å². The van der Waals surface area contributed by atoms with Crippen LogP contribution in [-0.2, 0) is 9.53 Å². The van der Waals surface area contributed by atoms with E-state index in [1.165, 1.54) is 11.0 Å². The number of hydrogen-bond acceptors (Lipinski definition) is 7. The van der Waals surface area contributed by atoms with Crippen molar-refractivity contribution in [2.45, 2.75) is 19.1 Å². The third-order valence-corrected chi connectivity index (χ3v) is 3.78. The number of carbonyl (C=O) groups is 1. The van der Waals surface area contributed by atoms with Gasteiger partial charge in [-0.25, -0.2) is 4.68 Å². The molecule has 1 aromatic carbocycles. The summed E-state index contributed by atoms with van der Waals surface area (Å²) in [5.74, 6) is 0.391. The van der Waals surface area contributed by atoms with Gasteiger partial charge in [0.15, 0.2) is 6.61 Å². The average molecular weight is 333 g/mol. The molecule has 9 heteroatoms. The number of aromatic nitrogens is 4. The van der Waals surface area contributed by atoms with E-state index >= 15 is 0 Å². The van der Waals surface area contributed by atoms with Crippen molar-refractivity contribution in [1.29, 1.82) is 0 Å². The number of ether oxygens (including phenoxy) is 2. The van der Waals surface area contributed by atoms with Crippen LogP contribution in [0.15, 0.2) is 30.6 Å². The molecule has 0 radical (unpaired) electrons. The van der Waals surface area contributed by atoms with Gasteiger partial charge in [-0.2, -0.15) is 0 Å². The van der Waals surface area contributed by atoms with E-state index in [-0.39, 0.29) is 25.2 Å². The predicted molar refractivity (Wildman–Crippen MR) is 82.6 cm³/mol. The number of aliphatic hydroxyl groups excluding tert-OH is 1. The van der Waals surface area contributed by atoms with E-state index in [9.17, 15) is 9.90 Å². The molecule has 1 fully saturated rings. The number of amides is 1. The van der Waals surface area contributed by atoms with Crippen LogP contribution in [0, 0.1) is 0 Å². The molecule has 0 bridgehead atoms. The lowest BCUT2D eigenvalue weighted by molar-refractivity contribution is -0.132. The molecule has 3 rings (SSSR count). The second-order valence-corrected chi connectivity index (χ2v) is 5.40. The Hall–Kier alpha value is -2.52. The van der Waals surface area contributed by atoms with Crippen molar-refractivity contribution in [3.8, 4) is 11.4 Å². The van der Waals surface area contributed by atoms with E-state index in [4.69, 9.17) is 9.47 Å².